The molecule has 116 valence electrons. The Labute approximate surface area is 125 Å². The number of nitrogens with one attached hydrogen (secondary N) is 1. The molecule has 2 aliphatic rings. The van der Waals surface area contributed by atoms with Crippen molar-refractivity contribution in [2.45, 2.75) is 56.0 Å². The second kappa shape index (κ2) is 5.88. The fourth-order valence-electron chi connectivity index (χ4n) is 3.56. The molecule has 0 radical (unpaired) electrons. The monoisotopic (exact) mass is 311 g/mol. The zero-order valence-corrected chi connectivity index (χ0v) is 12.8. The number of H-pyrrole nitrogens is 1. The summed E-state index contributed by atoms with van der Waals surface area (Å²) in [5, 5.41) is 0.123. The number of hydrogen-bond acceptors (Lipinski definition) is 4. The van der Waals surface area contributed by atoms with E-state index >= 15 is 0 Å². The number of carbonyl (C=O) groups is 1. The Morgan fingerprint density at radius 3 is 2.71 bits per heavy atom. The standard InChI is InChI=1S/C14H21N3O3S/c18-13-7-2-1-5-11(13)12-6-3-4-8-17(12)21(19,20)14-9-15-10-16-14/h9-12H,1-8H2,(H,15,16). The van der Waals surface area contributed by atoms with Crippen LogP contribution in [0.1, 0.15) is 44.9 Å². The van der Waals surface area contributed by atoms with Crippen LogP contribution < -0.4 is 0 Å². The van der Waals surface area contributed by atoms with Gasteiger partial charge in [0.05, 0.1) is 12.5 Å². The highest BCUT2D eigenvalue weighted by Crippen LogP contribution is 2.34. The molecule has 0 aromatic carbocycles. The summed E-state index contributed by atoms with van der Waals surface area (Å²) in [4.78, 5) is 18.7. The first-order chi connectivity index (χ1) is 10.1. The number of sulfonamides is 1. The van der Waals surface area contributed by atoms with E-state index in [4.69, 9.17) is 0 Å². The van der Waals surface area contributed by atoms with Crippen LogP contribution in [0, 0.1) is 5.92 Å². The maximum absolute atomic E-state index is 12.8. The third-order valence-electron chi connectivity index (χ3n) is 4.62. The van der Waals surface area contributed by atoms with Gasteiger partial charge in [-0.05, 0) is 25.7 Å². The summed E-state index contributed by atoms with van der Waals surface area (Å²) in [5.74, 6) is 0.106. The molecule has 1 aromatic rings. The Morgan fingerprint density at radius 1 is 1.19 bits per heavy atom. The third kappa shape index (κ3) is 2.76. The molecule has 0 amide bonds. The first-order valence-electron chi connectivity index (χ1n) is 7.63. The van der Waals surface area contributed by atoms with Crippen LogP contribution in [-0.2, 0) is 14.8 Å². The van der Waals surface area contributed by atoms with E-state index < -0.39 is 10.0 Å². The van der Waals surface area contributed by atoms with Crippen molar-refractivity contribution in [3.63, 3.8) is 0 Å². The Kier molecular flexibility index (Phi) is 4.12. The average molecular weight is 311 g/mol. The van der Waals surface area contributed by atoms with Crippen LogP contribution in [0.2, 0.25) is 0 Å². The van der Waals surface area contributed by atoms with Crippen LogP contribution in [0.3, 0.4) is 0 Å². The maximum Gasteiger partial charge on any atom is 0.260 e. The van der Waals surface area contributed by atoms with Crippen molar-refractivity contribution in [1.29, 1.82) is 0 Å². The zero-order chi connectivity index (χ0) is 14.9. The van der Waals surface area contributed by atoms with Crippen molar-refractivity contribution < 1.29 is 13.2 Å². The average Bonchev–Trinajstić information content (AvgIpc) is 3.03. The van der Waals surface area contributed by atoms with Crippen LogP contribution in [0.4, 0.5) is 0 Å². The maximum atomic E-state index is 12.8. The highest BCUT2D eigenvalue weighted by Gasteiger charge is 2.41. The van der Waals surface area contributed by atoms with Crippen molar-refractivity contribution in [2.24, 2.45) is 5.92 Å². The number of nitrogens with zero attached hydrogens (tertiary/aromatic N) is 2. The van der Waals surface area contributed by atoms with E-state index in [1.807, 2.05) is 0 Å². The Bertz CT molecular complexity index is 597. The number of aromatic amines is 1. The summed E-state index contributed by atoms with van der Waals surface area (Å²) in [7, 11) is -3.58. The van der Waals surface area contributed by atoms with Crippen LogP contribution in [0.15, 0.2) is 17.6 Å². The fraction of sp³-hybridized carbons (Fsp3) is 0.714. The summed E-state index contributed by atoms with van der Waals surface area (Å²) >= 11 is 0. The molecule has 1 saturated heterocycles. The van der Waals surface area contributed by atoms with Crippen molar-refractivity contribution in [3.05, 3.63) is 12.5 Å². The van der Waals surface area contributed by atoms with Gasteiger partial charge < -0.3 is 4.98 Å². The number of piperidine rings is 1. The van der Waals surface area contributed by atoms with Crippen molar-refractivity contribution in [2.75, 3.05) is 6.54 Å². The Balaban J connectivity index is 1.89. The molecule has 1 aromatic heterocycles. The smallest absolute Gasteiger partial charge is 0.260 e. The first-order valence-corrected chi connectivity index (χ1v) is 9.07. The molecule has 1 aliphatic carbocycles. The van der Waals surface area contributed by atoms with E-state index in [2.05, 4.69) is 9.97 Å². The van der Waals surface area contributed by atoms with Gasteiger partial charge in [-0.15, -0.1) is 0 Å². The molecule has 7 heteroatoms. The van der Waals surface area contributed by atoms with Gasteiger partial charge in [0.25, 0.3) is 10.0 Å². The van der Waals surface area contributed by atoms with Crippen LogP contribution in [0.25, 0.3) is 0 Å². The largest absolute Gasteiger partial charge is 0.335 e. The highest BCUT2D eigenvalue weighted by atomic mass is 32.2. The summed E-state index contributed by atoms with van der Waals surface area (Å²) < 4.78 is 27.0. The van der Waals surface area contributed by atoms with Gasteiger partial charge in [-0.25, -0.2) is 13.4 Å². The third-order valence-corrected chi connectivity index (χ3v) is 6.47. The predicted molar refractivity (Wildman–Crippen MR) is 77.1 cm³/mol. The molecule has 2 fully saturated rings. The number of carbonyl (C=O) groups excluding carboxylic acids is 1. The lowest BCUT2D eigenvalue weighted by Gasteiger charge is -2.39. The molecular weight excluding hydrogens is 290 g/mol. The molecular formula is C14H21N3O3S. The van der Waals surface area contributed by atoms with E-state index in [-0.39, 0.29) is 22.8 Å². The van der Waals surface area contributed by atoms with E-state index in [9.17, 15) is 13.2 Å². The molecule has 3 rings (SSSR count). The molecule has 2 heterocycles. The normalized spacial score (nSPS) is 28.7. The second-order valence-electron chi connectivity index (χ2n) is 5.91. The highest BCUT2D eigenvalue weighted by molar-refractivity contribution is 7.89. The van der Waals surface area contributed by atoms with E-state index in [1.54, 1.807) is 0 Å². The SMILES string of the molecule is O=C1CCCCC1C1CCCCN1S(=O)(=O)c1cnc[nH]1. The summed E-state index contributed by atoms with van der Waals surface area (Å²) in [6.07, 6.45) is 8.71. The molecule has 2 atom stereocenters. The number of Topliss-reactive ketones (excluding diaryl/α,β-unsaturated/α-hetero) is 1. The van der Waals surface area contributed by atoms with Crippen LogP contribution >= 0.6 is 0 Å². The lowest BCUT2D eigenvalue weighted by Crippen LogP contribution is -2.50. The number of aromatic nitrogens is 2. The Morgan fingerprint density at radius 2 is 2.00 bits per heavy atom. The van der Waals surface area contributed by atoms with E-state index in [0.717, 1.165) is 38.5 Å². The fourth-order valence-corrected chi connectivity index (χ4v) is 5.19. The minimum atomic E-state index is -3.58. The number of ketones is 1. The molecule has 1 aliphatic heterocycles. The van der Waals surface area contributed by atoms with Gasteiger partial charge in [-0.2, -0.15) is 4.31 Å². The summed E-state index contributed by atoms with van der Waals surface area (Å²) in [6.45, 7) is 0.496. The van der Waals surface area contributed by atoms with Crippen LogP contribution in [-0.4, -0.2) is 41.1 Å². The van der Waals surface area contributed by atoms with Gasteiger partial charge >= 0.3 is 0 Å². The van der Waals surface area contributed by atoms with Crippen molar-refractivity contribution >= 4 is 15.8 Å². The van der Waals surface area contributed by atoms with E-state index in [1.165, 1.54) is 16.8 Å². The topological polar surface area (TPSA) is 83.1 Å². The van der Waals surface area contributed by atoms with Gasteiger partial charge in [0.1, 0.15) is 5.78 Å². The molecule has 6 nitrogen and oxygen atoms in total. The summed E-state index contributed by atoms with van der Waals surface area (Å²) in [5.41, 5.74) is 0. The van der Waals surface area contributed by atoms with Crippen LogP contribution in [0.5, 0.6) is 0 Å². The minimum absolute atomic E-state index is 0.123. The lowest BCUT2D eigenvalue weighted by molar-refractivity contribution is -0.126. The summed E-state index contributed by atoms with van der Waals surface area (Å²) in [6, 6.07) is -0.181. The number of imidazole rings is 1. The van der Waals surface area contributed by atoms with Gasteiger partial charge in [-0.3, -0.25) is 4.79 Å². The predicted octanol–water partition coefficient (Wildman–Crippen LogP) is 1.71. The first kappa shape index (κ1) is 14.7. The molecule has 0 bridgehead atoms. The minimum Gasteiger partial charge on any atom is -0.335 e. The molecule has 1 saturated carbocycles. The van der Waals surface area contributed by atoms with Gasteiger partial charge in [-0.1, -0.05) is 12.8 Å². The number of hydrogen-bond donors (Lipinski definition) is 1. The molecule has 21 heavy (non-hydrogen) atoms. The molecule has 0 spiro atoms. The van der Waals surface area contributed by atoms with Gasteiger partial charge in [0, 0.05) is 24.9 Å². The Hall–Kier alpha value is -1.21. The molecule has 1 N–H and O–H groups in total. The number of rotatable bonds is 3. The quantitative estimate of drug-likeness (QED) is 0.921. The van der Waals surface area contributed by atoms with Gasteiger partial charge in [0.15, 0.2) is 5.03 Å². The van der Waals surface area contributed by atoms with Crippen molar-refractivity contribution in [3.8, 4) is 0 Å². The zero-order valence-electron chi connectivity index (χ0n) is 12.0. The van der Waals surface area contributed by atoms with Gasteiger partial charge in [0.2, 0.25) is 0 Å². The van der Waals surface area contributed by atoms with E-state index in [0.29, 0.717) is 13.0 Å². The lowest BCUT2D eigenvalue weighted by atomic mass is 9.80. The van der Waals surface area contributed by atoms with Crippen molar-refractivity contribution in [1.82, 2.24) is 14.3 Å². The second-order valence-corrected chi connectivity index (χ2v) is 7.77. The molecule has 2 unspecified atom stereocenters.